The summed E-state index contributed by atoms with van der Waals surface area (Å²) in [4.78, 5) is 0. The third kappa shape index (κ3) is 3.90. The van der Waals surface area contributed by atoms with Crippen LogP contribution < -0.4 is 11.1 Å². The van der Waals surface area contributed by atoms with Crippen molar-refractivity contribution in [3.05, 3.63) is 35.4 Å². The maximum Gasteiger partial charge on any atom is 0.170 e. The molecule has 1 aromatic rings. The number of hydrogen-bond acceptors (Lipinski definition) is 3. The molecule has 0 bridgehead atoms. The fourth-order valence-electron chi connectivity index (χ4n) is 1.39. The summed E-state index contributed by atoms with van der Waals surface area (Å²) >= 11 is 0. The van der Waals surface area contributed by atoms with Crippen LogP contribution in [0, 0.1) is 0 Å². The summed E-state index contributed by atoms with van der Waals surface area (Å²) in [5.74, 6) is 0.144. The van der Waals surface area contributed by atoms with Crippen molar-refractivity contribution in [2.75, 3.05) is 6.54 Å². The molecule has 4 nitrogen and oxygen atoms in total. The molecule has 0 heterocycles. The van der Waals surface area contributed by atoms with Gasteiger partial charge < -0.3 is 16.3 Å². The van der Waals surface area contributed by atoms with Gasteiger partial charge in [0, 0.05) is 12.1 Å². The second-order valence-corrected chi connectivity index (χ2v) is 3.71. The lowest BCUT2D eigenvalue weighted by molar-refractivity contribution is 0.318. The van der Waals surface area contributed by atoms with Crippen LogP contribution in [0.15, 0.2) is 29.4 Å². The number of rotatable bonds is 6. The van der Waals surface area contributed by atoms with Crippen LogP contribution in [-0.4, -0.2) is 17.6 Å². The van der Waals surface area contributed by atoms with E-state index in [9.17, 15) is 0 Å². The van der Waals surface area contributed by atoms with Gasteiger partial charge in [-0.25, -0.2) is 0 Å². The lowest BCUT2D eigenvalue weighted by Crippen LogP contribution is -2.15. The van der Waals surface area contributed by atoms with Gasteiger partial charge in [0.25, 0.3) is 0 Å². The van der Waals surface area contributed by atoms with Crippen LogP contribution >= 0.6 is 0 Å². The minimum Gasteiger partial charge on any atom is -0.409 e. The number of oxime groups is 1. The Bertz CT molecular complexity index is 333. The molecule has 0 aliphatic rings. The van der Waals surface area contributed by atoms with E-state index < -0.39 is 0 Å². The van der Waals surface area contributed by atoms with E-state index in [1.54, 1.807) is 0 Å². The molecule has 0 aromatic heterocycles. The molecule has 0 spiro atoms. The molecule has 0 saturated carbocycles. The second kappa shape index (κ2) is 6.85. The van der Waals surface area contributed by atoms with Gasteiger partial charge in [0.15, 0.2) is 5.84 Å². The zero-order valence-electron chi connectivity index (χ0n) is 9.61. The highest BCUT2D eigenvalue weighted by Gasteiger charge is 1.98. The van der Waals surface area contributed by atoms with Gasteiger partial charge >= 0.3 is 0 Å². The first-order chi connectivity index (χ1) is 7.77. The minimum atomic E-state index is 0.144. The van der Waals surface area contributed by atoms with E-state index in [4.69, 9.17) is 10.9 Å². The largest absolute Gasteiger partial charge is 0.409 e. The molecule has 16 heavy (non-hydrogen) atoms. The van der Waals surface area contributed by atoms with Crippen LogP contribution in [-0.2, 0) is 6.54 Å². The Morgan fingerprint density at radius 3 is 2.62 bits per heavy atom. The summed E-state index contributed by atoms with van der Waals surface area (Å²) in [6.45, 7) is 4.07. The van der Waals surface area contributed by atoms with Crippen molar-refractivity contribution in [3.63, 3.8) is 0 Å². The molecule has 1 aromatic carbocycles. The van der Waals surface area contributed by atoms with Gasteiger partial charge in [-0.2, -0.15) is 0 Å². The van der Waals surface area contributed by atoms with Crippen LogP contribution in [0.2, 0.25) is 0 Å². The van der Waals surface area contributed by atoms with E-state index in [0.717, 1.165) is 18.7 Å². The molecule has 0 aliphatic heterocycles. The standard InChI is InChI=1S/C12H19N3O/c1-2-3-8-14-9-10-4-6-11(7-5-10)12(13)15-16/h4-7,14,16H,2-3,8-9H2,1H3,(H2,13,15). The molecule has 0 radical (unpaired) electrons. The lowest BCUT2D eigenvalue weighted by Gasteiger charge is -2.05. The Hall–Kier alpha value is -1.55. The highest BCUT2D eigenvalue weighted by Crippen LogP contribution is 2.04. The molecule has 4 heteroatoms. The van der Waals surface area contributed by atoms with E-state index in [1.807, 2.05) is 24.3 Å². The van der Waals surface area contributed by atoms with Crippen molar-refractivity contribution >= 4 is 5.84 Å². The van der Waals surface area contributed by atoms with Crippen molar-refractivity contribution in [1.82, 2.24) is 5.32 Å². The number of amidine groups is 1. The Balaban J connectivity index is 2.45. The summed E-state index contributed by atoms with van der Waals surface area (Å²) < 4.78 is 0. The van der Waals surface area contributed by atoms with Crippen LogP contribution in [0.25, 0.3) is 0 Å². The van der Waals surface area contributed by atoms with Gasteiger partial charge in [0.1, 0.15) is 0 Å². The molecular weight excluding hydrogens is 202 g/mol. The van der Waals surface area contributed by atoms with Gasteiger partial charge in [0.05, 0.1) is 0 Å². The number of benzene rings is 1. The van der Waals surface area contributed by atoms with E-state index in [1.165, 1.54) is 18.4 Å². The topological polar surface area (TPSA) is 70.6 Å². The first-order valence-electron chi connectivity index (χ1n) is 5.55. The quantitative estimate of drug-likeness (QED) is 0.225. The summed E-state index contributed by atoms with van der Waals surface area (Å²) in [5, 5.41) is 14.8. The van der Waals surface area contributed by atoms with E-state index in [2.05, 4.69) is 17.4 Å². The number of nitrogens with two attached hydrogens (primary N) is 1. The van der Waals surface area contributed by atoms with Crippen molar-refractivity contribution in [2.45, 2.75) is 26.3 Å². The van der Waals surface area contributed by atoms with E-state index in [0.29, 0.717) is 0 Å². The second-order valence-electron chi connectivity index (χ2n) is 3.71. The van der Waals surface area contributed by atoms with Crippen LogP contribution in [0.4, 0.5) is 0 Å². The smallest absolute Gasteiger partial charge is 0.170 e. The maximum atomic E-state index is 8.51. The number of nitrogens with zero attached hydrogens (tertiary/aromatic N) is 1. The fraction of sp³-hybridized carbons (Fsp3) is 0.417. The van der Waals surface area contributed by atoms with E-state index in [-0.39, 0.29) is 5.84 Å². The Morgan fingerprint density at radius 1 is 1.38 bits per heavy atom. The Labute approximate surface area is 96.2 Å². The average molecular weight is 221 g/mol. The summed E-state index contributed by atoms with van der Waals surface area (Å²) in [6.07, 6.45) is 2.40. The molecule has 0 unspecified atom stereocenters. The first kappa shape index (κ1) is 12.5. The van der Waals surface area contributed by atoms with Gasteiger partial charge in [-0.1, -0.05) is 42.8 Å². The zero-order valence-corrected chi connectivity index (χ0v) is 9.61. The van der Waals surface area contributed by atoms with Gasteiger partial charge in [-0.15, -0.1) is 0 Å². The fourth-order valence-corrected chi connectivity index (χ4v) is 1.39. The summed E-state index contributed by atoms with van der Waals surface area (Å²) in [7, 11) is 0. The first-order valence-corrected chi connectivity index (χ1v) is 5.55. The predicted molar refractivity (Wildman–Crippen MR) is 65.6 cm³/mol. The molecule has 0 fully saturated rings. The molecular formula is C12H19N3O. The number of hydrogen-bond donors (Lipinski definition) is 3. The molecule has 0 amide bonds. The molecule has 0 atom stereocenters. The summed E-state index contributed by atoms with van der Waals surface area (Å²) in [5.41, 5.74) is 7.40. The van der Waals surface area contributed by atoms with Gasteiger partial charge in [-0.3, -0.25) is 0 Å². The lowest BCUT2D eigenvalue weighted by atomic mass is 10.1. The Morgan fingerprint density at radius 2 is 2.06 bits per heavy atom. The maximum absolute atomic E-state index is 8.51. The van der Waals surface area contributed by atoms with Crippen molar-refractivity contribution in [3.8, 4) is 0 Å². The highest BCUT2D eigenvalue weighted by molar-refractivity contribution is 5.96. The summed E-state index contributed by atoms with van der Waals surface area (Å²) in [6, 6.07) is 7.66. The van der Waals surface area contributed by atoms with Crippen LogP contribution in [0.3, 0.4) is 0 Å². The van der Waals surface area contributed by atoms with Gasteiger partial charge in [-0.05, 0) is 18.5 Å². The third-order valence-corrected chi connectivity index (χ3v) is 2.39. The third-order valence-electron chi connectivity index (χ3n) is 2.39. The molecule has 4 N–H and O–H groups in total. The van der Waals surface area contributed by atoms with Crippen molar-refractivity contribution in [2.24, 2.45) is 10.9 Å². The normalized spacial score (nSPS) is 11.7. The molecule has 0 aliphatic carbocycles. The van der Waals surface area contributed by atoms with Crippen molar-refractivity contribution in [1.29, 1.82) is 0 Å². The van der Waals surface area contributed by atoms with Crippen molar-refractivity contribution < 1.29 is 5.21 Å². The monoisotopic (exact) mass is 221 g/mol. The van der Waals surface area contributed by atoms with Crippen LogP contribution in [0.1, 0.15) is 30.9 Å². The molecule has 0 saturated heterocycles. The highest BCUT2D eigenvalue weighted by atomic mass is 16.4. The van der Waals surface area contributed by atoms with Crippen LogP contribution in [0.5, 0.6) is 0 Å². The zero-order chi connectivity index (χ0) is 11.8. The SMILES string of the molecule is CCCCNCc1ccc(C(N)=NO)cc1. The molecule has 88 valence electrons. The van der Waals surface area contributed by atoms with E-state index >= 15 is 0 Å². The number of unbranched alkanes of at least 4 members (excludes halogenated alkanes) is 1. The average Bonchev–Trinajstić information content (AvgIpc) is 2.34. The Kier molecular flexibility index (Phi) is 5.36. The predicted octanol–water partition coefficient (Wildman–Crippen LogP) is 1.67. The number of nitrogens with one attached hydrogen (secondary N) is 1. The molecule has 1 rings (SSSR count). The minimum absolute atomic E-state index is 0.144. The van der Waals surface area contributed by atoms with Gasteiger partial charge in [0.2, 0.25) is 0 Å².